The van der Waals surface area contributed by atoms with Gasteiger partial charge in [0.1, 0.15) is 11.5 Å². The molecular formula is C32H36O3. The third kappa shape index (κ3) is 6.48. The number of ether oxygens (including phenoxy) is 1. The highest BCUT2D eigenvalue weighted by Gasteiger charge is 2.48. The number of hydrogen-bond donors (Lipinski definition) is 0. The molecule has 4 rings (SSSR count). The highest BCUT2D eigenvalue weighted by molar-refractivity contribution is 6.02. The second kappa shape index (κ2) is 12.0. The van der Waals surface area contributed by atoms with Crippen molar-refractivity contribution in [2.24, 2.45) is 5.92 Å². The van der Waals surface area contributed by atoms with Crippen LogP contribution in [0, 0.1) is 5.92 Å². The number of carbonyl (C=O) groups excluding carboxylic acids is 2. The molecule has 3 unspecified atom stereocenters. The summed E-state index contributed by atoms with van der Waals surface area (Å²) in [6.45, 7) is 2.09. The van der Waals surface area contributed by atoms with Gasteiger partial charge in [-0.3, -0.25) is 9.59 Å². The van der Waals surface area contributed by atoms with E-state index in [0.717, 1.165) is 50.5 Å². The Bertz CT molecular complexity index is 1060. The predicted octanol–water partition coefficient (Wildman–Crippen LogP) is 7.10. The lowest BCUT2D eigenvalue weighted by molar-refractivity contribution is -0.180. The zero-order valence-corrected chi connectivity index (χ0v) is 20.7. The van der Waals surface area contributed by atoms with E-state index in [1.54, 1.807) is 0 Å². The van der Waals surface area contributed by atoms with Gasteiger partial charge in [0.2, 0.25) is 0 Å². The Morgan fingerprint density at radius 3 is 1.94 bits per heavy atom. The van der Waals surface area contributed by atoms with E-state index in [0.29, 0.717) is 6.42 Å². The topological polar surface area (TPSA) is 43.4 Å². The zero-order valence-electron chi connectivity index (χ0n) is 20.7. The number of ketones is 1. The molecule has 0 radical (unpaired) electrons. The lowest BCUT2D eigenvalue weighted by Crippen LogP contribution is -2.49. The number of hydrogen-bond acceptors (Lipinski definition) is 3. The van der Waals surface area contributed by atoms with Crippen molar-refractivity contribution in [2.45, 2.75) is 69.8 Å². The molecule has 0 aliphatic carbocycles. The van der Waals surface area contributed by atoms with Gasteiger partial charge in [0.05, 0.1) is 0 Å². The van der Waals surface area contributed by atoms with Gasteiger partial charge >= 0.3 is 5.97 Å². The molecule has 0 aromatic heterocycles. The van der Waals surface area contributed by atoms with Gasteiger partial charge in [-0.15, -0.1) is 0 Å². The van der Waals surface area contributed by atoms with Gasteiger partial charge in [-0.2, -0.15) is 0 Å². The summed E-state index contributed by atoms with van der Waals surface area (Å²) in [6.07, 6.45) is 6.01. The molecule has 3 aromatic carbocycles. The molecule has 1 aliphatic rings. The summed E-state index contributed by atoms with van der Waals surface area (Å²) in [4.78, 5) is 27.2. The lowest BCUT2D eigenvalue weighted by Gasteiger charge is -2.41. The SMILES string of the molecule is CCCC1(CCCc2ccccc2)CC(=O)C(C(CCc2ccccc2)c2ccccc2)C(=O)O1. The Labute approximate surface area is 209 Å². The van der Waals surface area contributed by atoms with Gasteiger partial charge in [0.15, 0.2) is 5.78 Å². The smallest absolute Gasteiger partial charge is 0.317 e. The van der Waals surface area contributed by atoms with E-state index < -0.39 is 11.5 Å². The fourth-order valence-electron chi connectivity index (χ4n) is 5.57. The maximum Gasteiger partial charge on any atom is 0.317 e. The fourth-order valence-corrected chi connectivity index (χ4v) is 5.57. The van der Waals surface area contributed by atoms with Crippen LogP contribution in [0.5, 0.6) is 0 Å². The Hall–Kier alpha value is -3.20. The lowest BCUT2D eigenvalue weighted by atomic mass is 9.73. The van der Waals surface area contributed by atoms with E-state index >= 15 is 0 Å². The van der Waals surface area contributed by atoms with Crippen LogP contribution in [0.2, 0.25) is 0 Å². The van der Waals surface area contributed by atoms with Gasteiger partial charge in [0.25, 0.3) is 0 Å². The van der Waals surface area contributed by atoms with Crippen LogP contribution in [-0.4, -0.2) is 17.4 Å². The third-order valence-electron chi connectivity index (χ3n) is 7.28. The molecule has 35 heavy (non-hydrogen) atoms. The van der Waals surface area contributed by atoms with Crippen LogP contribution in [0.25, 0.3) is 0 Å². The van der Waals surface area contributed by atoms with Crippen LogP contribution in [-0.2, 0) is 27.2 Å². The number of Topliss-reactive ketones (excluding diaryl/α,β-unsaturated/α-hetero) is 1. The molecule has 3 aromatic rings. The Morgan fingerprint density at radius 2 is 1.37 bits per heavy atom. The van der Waals surface area contributed by atoms with Gasteiger partial charge in [-0.25, -0.2) is 0 Å². The van der Waals surface area contributed by atoms with Crippen molar-refractivity contribution in [3.05, 3.63) is 108 Å². The summed E-state index contributed by atoms with van der Waals surface area (Å²) >= 11 is 0. The van der Waals surface area contributed by atoms with Crippen LogP contribution in [0.1, 0.15) is 68.1 Å². The minimum Gasteiger partial charge on any atom is -0.458 e. The minimum atomic E-state index is -0.736. The first kappa shape index (κ1) is 24.9. The second-order valence-electron chi connectivity index (χ2n) is 9.86. The van der Waals surface area contributed by atoms with E-state index in [-0.39, 0.29) is 17.7 Å². The monoisotopic (exact) mass is 468 g/mol. The summed E-state index contributed by atoms with van der Waals surface area (Å²) in [7, 11) is 0. The van der Waals surface area contributed by atoms with Gasteiger partial charge in [-0.05, 0) is 55.2 Å². The molecule has 0 amide bonds. The summed E-state index contributed by atoms with van der Waals surface area (Å²) in [5.74, 6) is -1.21. The predicted molar refractivity (Wildman–Crippen MR) is 140 cm³/mol. The van der Waals surface area contributed by atoms with Crippen molar-refractivity contribution in [3.8, 4) is 0 Å². The van der Waals surface area contributed by atoms with Crippen LogP contribution in [0.4, 0.5) is 0 Å². The highest BCUT2D eigenvalue weighted by Crippen LogP contribution is 2.41. The summed E-state index contributed by atoms with van der Waals surface area (Å²) in [5, 5.41) is 0. The normalized spacial score (nSPS) is 20.9. The van der Waals surface area contributed by atoms with E-state index in [1.807, 2.05) is 66.7 Å². The molecule has 0 spiro atoms. The van der Waals surface area contributed by atoms with Crippen molar-refractivity contribution >= 4 is 11.8 Å². The molecule has 1 fully saturated rings. The Balaban J connectivity index is 1.50. The molecule has 0 saturated carbocycles. The number of cyclic esters (lactones) is 1. The Morgan fingerprint density at radius 1 is 0.800 bits per heavy atom. The molecule has 0 bridgehead atoms. The van der Waals surface area contributed by atoms with Crippen molar-refractivity contribution in [1.82, 2.24) is 0 Å². The first-order chi connectivity index (χ1) is 17.1. The molecular weight excluding hydrogens is 432 g/mol. The van der Waals surface area contributed by atoms with Crippen LogP contribution in [0.3, 0.4) is 0 Å². The maximum atomic E-state index is 13.7. The molecule has 3 nitrogen and oxygen atoms in total. The standard InChI is InChI=1S/C32H36O3/c1-2-22-32(23-12-17-25-13-6-3-7-14-25)24-29(33)30(31(34)35-32)28(27-18-10-5-11-19-27)21-20-26-15-8-4-9-16-26/h3-11,13-16,18-19,28,30H,2,12,17,20-24H2,1H3. The van der Waals surface area contributed by atoms with E-state index in [9.17, 15) is 9.59 Å². The van der Waals surface area contributed by atoms with Gasteiger partial charge < -0.3 is 4.74 Å². The number of rotatable bonds is 11. The highest BCUT2D eigenvalue weighted by atomic mass is 16.6. The number of carbonyl (C=O) groups is 2. The van der Waals surface area contributed by atoms with Crippen molar-refractivity contribution in [2.75, 3.05) is 0 Å². The second-order valence-corrected chi connectivity index (χ2v) is 9.86. The van der Waals surface area contributed by atoms with Crippen molar-refractivity contribution < 1.29 is 14.3 Å². The van der Waals surface area contributed by atoms with E-state index in [1.165, 1.54) is 11.1 Å². The largest absolute Gasteiger partial charge is 0.458 e. The molecule has 1 heterocycles. The van der Waals surface area contributed by atoms with Crippen LogP contribution in [0.15, 0.2) is 91.0 Å². The van der Waals surface area contributed by atoms with E-state index in [4.69, 9.17) is 4.74 Å². The summed E-state index contributed by atoms with van der Waals surface area (Å²) < 4.78 is 6.23. The molecule has 3 heteroatoms. The average molecular weight is 469 g/mol. The zero-order chi connectivity index (χ0) is 24.5. The molecule has 0 N–H and O–H groups in total. The quantitative estimate of drug-likeness (QED) is 0.223. The molecule has 1 aliphatic heterocycles. The molecule has 182 valence electrons. The number of esters is 1. The summed E-state index contributed by atoms with van der Waals surface area (Å²) in [6, 6.07) is 30.6. The van der Waals surface area contributed by atoms with Crippen LogP contribution >= 0.6 is 0 Å². The molecule has 1 saturated heterocycles. The third-order valence-corrected chi connectivity index (χ3v) is 7.28. The van der Waals surface area contributed by atoms with E-state index in [2.05, 4.69) is 31.2 Å². The van der Waals surface area contributed by atoms with Gasteiger partial charge in [0, 0.05) is 12.3 Å². The first-order valence-corrected chi connectivity index (χ1v) is 13.0. The number of aryl methyl sites for hydroxylation is 2. The Kier molecular flexibility index (Phi) is 8.52. The fraction of sp³-hybridized carbons (Fsp3) is 0.375. The van der Waals surface area contributed by atoms with Crippen molar-refractivity contribution in [3.63, 3.8) is 0 Å². The molecule has 3 atom stereocenters. The first-order valence-electron chi connectivity index (χ1n) is 13.0. The van der Waals surface area contributed by atoms with Crippen LogP contribution < -0.4 is 0 Å². The maximum absolute atomic E-state index is 13.7. The number of benzene rings is 3. The van der Waals surface area contributed by atoms with Gasteiger partial charge in [-0.1, -0.05) is 104 Å². The van der Waals surface area contributed by atoms with Crippen molar-refractivity contribution in [1.29, 1.82) is 0 Å². The summed E-state index contributed by atoms with van der Waals surface area (Å²) in [5.41, 5.74) is 2.85. The minimum absolute atomic E-state index is 0.0383. The average Bonchev–Trinajstić information content (AvgIpc) is 2.87.